The van der Waals surface area contributed by atoms with E-state index in [4.69, 9.17) is 27.4 Å². The summed E-state index contributed by atoms with van der Waals surface area (Å²) < 4.78 is 13.4. The predicted molar refractivity (Wildman–Crippen MR) is 116 cm³/mol. The van der Waals surface area contributed by atoms with Crippen molar-refractivity contribution in [3.63, 3.8) is 0 Å². The highest BCUT2D eigenvalue weighted by Crippen LogP contribution is 2.46. The Morgan fingerprint density at radius 3 is 2.52 bits per heavy atom. The lowest BCUT2D eigenvalue weighted by Gasteiger charge is -2.26. The molecular weight excluding hydrogens is 404 g/mol. The number of hydrogen-bond acceptors (Lipinski definition) is 7. The molecule has 0 saturated carbocycles. The average molecular weight is 423 g/mol. The smallest absolute Gasteiger partial charge is 0.167 e. The standard InChI is InChI=1S/C21H18N4O2S2/c1-26-15-9-8-12(10-16(15)27-2)17-14(11-22)19(23)24-20-18(17)29-21(28)25(20)13-6-4-3-5-7-13/h3-10,17,24H,23H2,1-2H3. The van der Waals surface area contributed by atoms with Gasteiger partial charge < -0.3 is 20.5 Å². The number of anilines is 1. The van der Waals surface area contributed by atoms with Crippen LogP contribution in [-0.4, -0.2) is 18.8 Å². The van der Waals surface area contributed by atoms with Gasteiger partial charge in [-0.25, -0.2) is 0 Å². The van der Waals surface area contributed by atoms with Crippen LogP contribution in [-0.2, 0) is 0 Å². The number of nitriles is 1. The van der Waals surface area contributed by atoms with Crippen LogP contribution in [0.15, 0.2) is 59.9 Å². The van der Waals surface area contributed by atoms with Crippen LogP contribution >= 0.6 is 23.6 Å². The van der Waals surface area contributed by atoms with E-state index in [1.165, 1.54) is 11.3 Å². The van der Waals surface area contributed by atoms with Gasteiger partial charge in [-0.05, 0) is 42.0 Å². The van der Waals surface area contributed by atoms with Gasteiger partial charge in [0, 0.05) is 5.69 Å². The Morgan fingerprint density at radius 2 is 1.86 bits per heavy atom. The summed E-state index contributed by atoms with van der Waals surface area (Å²) in [6.07, 6.45) is 0. The van der Waals surface area contributed by atoms with E-state index in [0.717, 1.165) is 21.9 Å². The number of para-hydroxylation sites is 1. The van der Waals surface area contributed by atoms with Crippen LogP contribution in [0.5, 0.6) is 11.5 Å². The van der Waals surface area contributed by atoms with E-state index in [9.17, 15) is 5.26 Å². The Balaban J connectivity index is 1.95. The molecule has 3 N–H and O–H groups in total. The van der Waals surface area contributed by atoms with Gasteiger partial charge in [0.2, 0.25) is 0 Å². The van der Waals surface area contributed by atoms with E-state index in [1.54, 1.807) is 14.2 Å². The molecule has 0 fully saturated rings. The fourth-order valence-corrected chi connectivity index (χ4v) is 5.02. The summed E-state index contributed by atoms with van der Waals surface area (Å²) in [7, 11) is 3.17. The van der Waals surface area contributed by atoms with E-state index in [-0.39, 0.29) is 5.92 Å². The summed E-state index contributed by atoms with van der Waals surface area (Å²) in [5.74, 6) is 1.95. The third-order valence-electron chi connectivity index (χ3n) is 4.81. The number of methoxy groups -OCH3 is 2. The molecule has 0 spiro atoms. The number of thiazole rings is 1. The Bertz CT molecular complexity index is 1210. The molecule has 1 unspecified atom stereocenters. The Kier molecular flexibility index (Phi) is 5.01. The van der Waals surface area contributed by atoms with Crippen molar-refractivity contribution < 1.29 is 9.47 Å². The highest BCUT2D eigenvalue weighted by atomic mass is 32.1. The third-order valence-corrected chi connectivity index (χ3v) is 6.25. The van der Waals surface area contributed by atoms with E-state index in [1.807, 2.05) is 53.1 Å². The normalized spacial score (nSPS) is 15.3. The van der Waals surface area contributed by atoms with Crippen molar-refractivity contribution in [2.45, 2.75) is 5.92 Å². The first kappa shape index (κ1) is 19.1. The number of nitrogens with one attached hydrogen (secondary N) is 1. The summed E-state index contributed by atoms with van der Waals surface area (Å²) in [6, 6.07) is 17.7. The van der Waals surface area contributed by atoms with E-state index < -0.39 is 0 Å². The maximum Gasteiger partial charge on any atom is 0.167 e. The minimum atomic E-state index is -0.354. The number of rotatable bonds is 4. The molecule has 0 bridgehead atoms. The van der Waals surface area contributed by atoms with Crippen molar-refractivity contribution >= 4 is 29.4 Å². The average Bonchev–Trinajstić information content (AvgIpc) is 3.07. The maximum atomic E-state index is 9.83. The summed E-state index contributed by atoms with van der Waals surface area (Å²) in [6.45, 7) is 0. The van der Waals surface area contributed by atoms with Gasteiger partial charge in [-0.15, -0.1) is 11.3 Å². The largest absolute Gasteiger partial charge is 0.493 e. The molecule has 0 aliphatic carbocycles. The second-order valence-electron chi connectivity index (χ2n) is 6.36. The van der Waals surface area contributed by atoms with Crippen molar-refractivity contribution in [1.29, 1.82) is 5.26 Å². The fourth-order valence-electron chi connectivity index (χ4n) is 3.47. The van der Waals surface area contributed by atoms with Gasteiger partial charge in [-0.1, -0.05) is 24.3 Å². The lowest BCUT2D eigenvalue weighted by Crippen LogP contribution is -2.23. The number of hydrogen-bond donors (Lipinski definition) is 2. The number of ether oxygens (including phenoxy) is 2. The number of aromatic nitrogens is 1. The van der Waals surface area contributed by atoms with Gasteiger partial charge in [-0.3, -0.25) is 4.57 Å². The van der Waals surface area contributed by atoms with Gasteiger partial charge in [-0.2, -0.15) is 5.26 Å². The van der Waals surface area contributed by atoms with Crippen LogP contribution in [0.25, 0.3) is 5.69 Å². The highest BCUT2D eigenvalue weighted by molar-refractivity contribution is 7.73. The molecule has 1 aromatic heterocycles. The molecule has 0 amide bonds. The molecule has 3 aromatic rings. The predicted octanol–water partition coefficient (Wildman–Crippen LogP) is 4.54. The summed E-state index contributed by atoms with van der Waals surface area (Å²) >= 11 is 7.12. The number of nitrogens with zero attached hydrogens (tertiary/aromatic N) is 2. The quantitative estimate of drug-likeness (QED) is 0.601. The molecule has 4 rings (SSSR count). The van der Waals surface area contributed by atoms with Gasteiger partial charge in [0.25, 0.3) is 0 Å². The van der Waals surface area contributed by atoms with Crippen LogP contribution < -0.4 is 20.5 Å². The number of benzene rings is 2. The van der Waals surface area contributed by atoms with Crippen LogP contribution in [0.4, 0.5) is 5.82 Å². The number of fused-ring (bicyclic) bond motifs is 1. The molecule has 146 valence electrons. The lowest BCUT2D eigenvalue weighted by molar-refractivity contribution is 0.354. The van der Waals surface area contributed by atoms with Crippen molar-refractivity contribution in [2.75, 3.05) is 19.5 Å². The zero-order chi connectivity index (χ0) is 20.5. The van der Waals surface area contributed by atoms with Gasteiger partial charge in [0.15, 0.2) is 15.5 Å². The third kappa shape index (κ3) is 3.14. The van der Waals surface area contributed by atoms with Crippen molar-refractivity contribution in [1.82, 2.24) is 4.57 Å². The van der Waals surface area contributed by atoms with E-state index in [0.29, 0.717) is 26.8 Å². The topological polar surface area (TPSA) is 85.2 Å². The van der Waals surface area contributed by atoms with Gasteiger partial charge in [0.1, 0.15) is 11.6 Å². The number of nitrogens with two attached hydrogens (primary N) is 1. The van der Waals surface area contributed by atoms with Crippen molar-refractivity contribution in [3.05, 3.63) is 74.3 Å². The maximum absolute atomic E-state index is 9.83. The minimum Gasteiger partial charge on any atom is -0.493 e. The summed E-state index contributed by atoms with van der Waals surface area (Å²) in [5, 5.41) is 13.0. The van der Waals surface area contributed by atoms with E-state index >= 15 is 0 Å². The Hall–Kier alpha value is -3.28. The lowest BCUT2D eigenvalue weighted by atomic mass is 9.88. The zero-order valence-corrected chi connectivity index (χ0v) is 17.4. The second-order valence-corrected chi connectivity index (χ2v) is 8.04. The zero-order valence-electron chi connectivity index (χ0n) is 15.8. The summed E-state index contributed by atoms with van der Waals surface area (Å²) in [4.78, 5) is 0.928. The SMILES string of the molecule is COc1ccc(C2C(C#N)=C(N)Nc3c2sc(=S)n3-c2ccccc2)cc1OC. The van der Waals surface area contributed by atoms with Crippen LogP contribution in [0.1, 0.15) is 16.4 Å². The molecule has 6 nitrogen and oxygen atoms in total. The molecular formula is C21H18N4O2S2. The molecule has 1 aliphatic rings. The minimum absolute atomic E-state index is 0.317. The van der Waals surface area contributed by atoms with Crippen LogP contribution in [0, 0.1) is 15.3 Å². The van der Waals surface area contributed by atoms with Crippen LogP contribution in [0.2, 0.25) is 0 Å². The second kappa shape index (κ2) is 7.62. The highest BCUT2D eigenvalue weighted by Gasteiger charge is 2.33. The molecule has 8 heteroatoms. The van der Waals surface area contributed by atoms with Gasteiger partial charge in [0.05, 0.1) is 36.7 Å². The molecule has 29 heavy (non-hydrogen) atoms. The monoisotopic (exact) mass is 422 g/mol. The molecule has 2 heterocycles. The first-order valence-electron chi connectivity index (χ1n) is 8.78. The van der Waals surface area contributed by atoms with Gasteiger partial charge >= 0.3 is 0 Å². The molecule has 1 atom stereocenters. The van der Waals surface area contributed by atoms with E-state index in [2.05, 4.69) is 11.4 Å². The Labute approximate surface area is 177 Å². The number of allylic oxidation sites excluding steroid dienone is 1. The van der Waals surface area contributed by atoms with Crippen molar-refractivity contribution in [2.24, 2.45) is 5.73 Å². The van der Waals surface area contributed by atoms with Crippen LogP contribution in [0.3, 0.4) is 0 Å². The first-order valence-corrected chi connectivity index (χ1v) is 10.0. The molecule has 2 aromatic carbocycles. The molecule has 0 radical (unpaired) electrons. The Morgan fingerprint density at radius 1 is 1.14 bits per heavy atom. The first-order chi connectivity index (χ1) is 14.1. The molecule has 0 saturated heterocycles. The van der Waals surface area contributed by atoms with Crippen molar-refractivity contribution in [3.8, 4) is 23.3 Å². The summed E-state index contributed by atoms with van der Waals surface area (Å²) in [5.41, 5.74) is 8.52. The fraction of sp³-hybridized carbons (Fsp3) is 0.143. The molecule has 1 aliphatic heterocycles.